The van der Waals surface area contributed by atoms with Gasteiger partial charge in [-0.1, -0.05) is 18.8 Å². The zero-order valence-corrected chi connectivity index (χ0v) is 20.6. The summed E-state index contributed by atoms with van der Waals surface area (Å²) in [4.78, 5) is 2.11. The Labute approximate surface area is 197 Å². The second kappa shape index (κ2) is 10.6. The third-order valence-electron chi connectivity index (χ3n) is 5.65. The first kappa shape index (κ1) is 25.1. The summed E-state index contributed by atoms with van der Waals surface area (Å²) >= 11 is 0. The molecule has 0 aromatic heterocycles. The zero-order chi connectivity index (χ0) is 24.2. The molecule has 1 aliphatic heterocycles. The Balaban J connectivity index is 2.04. The molecule has 1 heterocycles. The van der Waals surface area contributed by atoms with Crippen LogP contribution >= 0.6 is 0 Å². The van der Waals surface area contributed by atoms with E-state index in [0.717, 1.165) is 11.3 Å². The third-order valence-corrected chi connectivity index (χ3v) is 7.67. The van der Waals surface area contributed by atoms with Crippen LogP contribution in [-0.2, 0) is 10.0 Å². The highest BCUT2D eigenvalue weighted by Gasteiger charge is 2.37. The minimum Gasteiger partial charge on any atom is -0.497 e. The Bertz CT molecular complexity index is 1120. The number of aliphatic hydroxyl groups is 1. The number of benzene rings is 2. The molecule has 0 amide bonds. The van der Waals surface area contributed by atoms with Crippen LogP contribution in [0.5, 0.6) is 11.5 Å². The molecule has 2 aromatic carbocycles. The first-order valence-corrected chi connectivity index (χ1v) is 12.3. The van der Waals surface area contributed by atoms with Crippen LogP contribution in [-0.4, -0.2) is 75.8 Å². The lowest BCUT2D eigenvalue weighted by Gasteiger charge is -2.37. The molecule has 0 saturated carbocycles. The van der Waals surface area contributed by atoms with Crippen molar-refractivity contribution in [3.05, 3.63) is 53.6 Å². The average Bonchev–Trinajstić information content (AvgIpc) is 2.79. The maximum absolute atomic E-state index is 13.5. The molecule has 2 aromatic rings. The van der Waals surface area contributed by atoms with Crippen molar-refractivity contribution in [2.75, 3.05) is 40.9 Å². The van der Waals surface area contributed by atoms with Gasteiger partial charge >= 0.3 is 0 Å². The topological polar surface area (TPSA) is 79.3 Å². The van der Waals surface area contributed by atoms with Gasteiger partial charge < -0.3 is 19.5 Å². The van der Waals surface area contributed by atoms with E-state index in [2.05, 4.69) is 11.8 Å². The van der Waals surface area contributed by atoms with Gasteiger partial charge in [-0.05, 0) is 63.5 Å². The van der Waals surface area contributed by atoms with Crippen LogP contribution in [0, 0.1) is 17.8 Å². The van der Waals surface area contributed by atoms with E-state index in [1.807, 2.05) is 50.2 Å². The third kappa shape index (κ3) is 5.87. The van der Waals surface area contributed by atoms with Crippen molar-refractivity contribution in [3.63, 3.8) is 0 Å². The van der Waals surface area contributed by atoms with Gasteiger partial charge in [-0.25, -0.2) is 8.42 Å². The van der Waals surface area contributed by atoms with Crippen LogP contribution in [0.25, 0.3) is 0 Å². The highest BCUT2D eigenvalue weighted by Crippen LogP contribution is 2.34. The second-order valence-electron chi connectivity index (χ2n) is 8.64. The SMILES string of the molecule is COc1ccc(C#Cc2ccc3c(c2)O[C@H](CN(C)C)[C@@H](C)CN([C@H](C)CO)S3(=O)=O)cc1. The van der Waals surface area contributed by atoms with Crippen LogP contribution in [0.3, 0.4) is 0 Å². The van der Waals surface area contributed by atoms with E-state index >= 15 is 0 Å². The highest BCUT2D eigenvalue weighted by molar-refractivity contribution is 7.89. The lowest BCUT2D eigenvalue weighted by molar-refractivity contribution is 0.0812. The normalized spacial score (nSPS) is 21.1. The van der Waals surface area contributed by atoms with Crippen molar-refractivity contribution < 1.29 is 23.0 Å². The molecule has 0 unspecified atom stereocenters. The van der Waals surface area contributed by atoms with Gasteiger partial charge in [0.15, 0.2) is 0 Å². The number of aliphatic hydroxyl groups excluding tert-OH is 1. The van der Waals surface area contributed by atoms with E-state index in [1.54, 1.807) is 32.2 Å². The highest BCUT2D eigenvalue weighted by atomic mass is 32.2. The molecule has 1 N–H and O–H groups in total. The number of rotatable bonds is 5. The Kier molecular flexibility index (Phi) is 8.03. The molecule has 0 fully saturated rings. The van der Waals surface area contributed by atoms with E-state index < -0.39 is 16.1 Å². The van der Waals surface area contributed by atoms with Gasteiger partial charge in [-0.15, -0.1) is 0 Å². The number of methoxy groups -OCH3 is 1. The summed E-state index contributed by atoms with van der Waals surface area (Å²) < 4.78 is 39.8. The first-order valence-electron chi connectivity index (χ1n) is 10.9. The number of ether oxygens (including phenoxy) is 2. The van der Waals surface area contributed by atoms with E-state index in [9.17, 15) is 13.5 Å². The van der Waals surface area contributed by atoms with Crippen LogP contribution in [0.2, 0.25) is 0 Å². The van der Waals surface area contributed by atoms with Gasteiger partial charge in [0.2, 0.25) is 10.0 Å². The molecule has 1 aliphatic rings. The fourth-order valence-electron chi connectivity index (χ4n) is 3.70. The van der Waals surface area contributed by atoms with Crippen molar-refractivity contribution in [2.45, 2.75) is 30.9 Å². The molecule has 0 saturated heterocycles. The fourth-order valence-corrected chi connectivity index (χ4v) is 5.53. The number of fused-ring (bicyclic) bond motifs is 1. The molecule has 33 heavy (non-hydrogen) atoms. The quantitative estimate of drug-likeness (QED) is 0.674. The number of hydrogen-bond donors (Lipinski definition) is 1. The van der Waals surface area contributed by atoms with E-state index in [1.165, 1.54) is 4.31 Å². The molecular formula is C25H32N2O5S. The number of hydrogen-bond acceptors (Lipinski definition) is 6. The molecule has 0 spiro atoms. The summed E-state index contributed by atoms with van der Waals surface area (Å²) in [5, 5.41) is 9.71. The van der Waals surface area contributed by atoms with Crippen molar-refractivity contribution >= 4 is 10.0 Å². The van der Waals surface area contributed by atoms with Gasteiger partial charge in [0.25, 0.3) is 0 Å². The summed E-state index contributed by atoms with van der Waals surface area (Å²) in [5.74, 6) is 7.14. The largest absolute Gasteiger partial charge is 0.497 e. The number of nitrogens with zero attached hydrogens (tertiary/aromatic N) is 2. The summed E-state index contributed by atoms with van der Waals surface area (Å²) in [5.41, 5.74) is 1.47. The summed E-state index contributed by atoms with van der Waals surface area (Å²) in [7, 11) is 1.66. The zero-order valence-electron chi connectivity index (χ0n) is 19.8. The monoisotopic (exact) mass is 472 g/mol. The Morgan fingerprint density at radius 1 is 1.18 bits per heavy atom. The molecule has 0 bridgehead atoms. The van der Waals surface area contributed by atoms with Gasteiger partial charge in [0.1, 0.15) is 22.5 Å². The summed E-state index contributed by atoms with van der Waals surface area (Å²) in [6, 6.07) is 11.8. The van der Waals surface area contributed by atoms with Gasteiger partial charge in [-0.3, -0.25) is 0 Å². The maximum Gasteiger partial charge on any atom is 0.247 e. The molecular weight excluding hydrogens is 440 g/mol. The molecule has 7 nitrogen and oxygen atoms in total. The Morgan fingerprint density at radius 3 is 2.42 bits per heavy atom. The molecule has 0 radical (unpaired) electrons. The summed E-state index contributed by atoms with van der Waals surface area (Å²) in [6.07, 6.45) is -0.229. The predicted octanol–water partition coefficient (Wildman–Crippen LogP) is 2.43. The van der Waals surface area contributed by atoms with Crippen LogP contribution in [0.4, 0.5) is 0 Å². The molecule has 178 valence electrons. The minimum atomic E-state index is -3.86. The Morgan fingerprint density at radius 2 is 1.82 bits per heavy atom. The maximum atomic E-state index is 13.5. The fraction of sp³-hybridized carbons (Fsp3) is 0.440. The molecule has 0 aliphatic carbocycles. The van der Waals surface area contributed by atoms with Crippen molar-refractivity contribution in [1.82, 2.24) is 9.21 Å². The van der Waals surface area contributed by atoms with Gasteiger partial charge in [0.05, 0.1) is 13.7 Å². The second-order valence-corrected chi connectivity index (χ2v) is 10.5. The summed E-state index contributed by atoms with van der Waals surface area (Å²) in [6.45, 7) is 4.32. The first-order chi connectivity index (χ1) is 15.6. The van der Waals surface area contributed by atoms with Crippen molar-refractivity contribution in [3.8, 4) is 23.3 Å². The van der Waals surface area contributed by atoms with E-state index in [4.69, 9.17) is 9.47 Å². The van der Waals surface area contributed by atoms with Gasteiger partial charge in [0, 0.05) is 36.2 Å². The van der Waals surface area contributed by atoms with Crippen molar-refractivity contribution in [1.29, 1.82) is 0 Å². The lowest BCUT2D eigenvalue weighted by Crippen LogP contribution is -2.49. The van der Waals surface area contributed by atoms with Crippen LogP contribution in [0.15, 0.2) is 47.4 Å². The Hall–Kier alpha value is -2.57. The van der Waals surface area contributed by atoms with E-state index in [0.29, 0.717) is 12.1 Å². The molecule has 3 atom stereocenters. The number of likely N-dealkylation sites (N-methyl/N-ethyl adjacent to an activating group) is 1. The smallest absolute Gasteiger partial charge is 0.247 e. The predicted molar refractivity (Wildman–Crippen MR) is 128 cm³/mol. The van der Waals surface area contributed by atoms with Gasteiger partial charge in [-0.2, -0.15) is 4.31 Å². The standard InChI is InChI=1S/C25H32N2O5S/c1-18-15-27(19(2)17-28)33(29,30)25-13-10-21(14-23(25)32-24(18)16-26(3)4)7-6-20-8-11-22(31-5)12-9-20/h8-14,18-19,24,28H,15-17H2,1-5H3/t18-,19+,24+/m0/s1. The number of sulfonamides is 1. The van der Waals surface area contributed by atoms with Crippen LogP contribution in [0.1, 0.15) is 25.0 Å². The molecule has 3 rings (SSSR count). The van der Waals surface area contributed by atoms with Crippen LogP contribution < -0.4 is 9.47 Å². The molecule has 8 heteroatoms. The minimum absolute atomic E-state index is 0.0848. The average molecular weight is 473 g/mol. The van der Waals surface area contributed by atoms with E-state index in [-0.39, 0.29) is 35.8 Å². The van der Waals surface area contributed by atoms with Crippen molar-refractivity contribution in [2.24, 2.45) is 5.92 Å². The lowest BCUT2D eigenvalue weighted by atomic mass is 10.0.